The average molecular weight is 299 g/mol. The molecule has 1 unspecified atom stereocenters. The molecule has 7 heteroatoms. The summed E-state index contributed by atoms with van der Waals surface area (Å²) in [6.07, 6.45) is 2.10. The molecule has 0 spiro atoms. The zero-order valence-corrected chi connectivity index (χ0v) is 12.3. The number of nitrogens with one attached hydrogen (secondary N) is 2. The first-order valence-corrected chi connectivity index (χ1v) is 8.29. The lowest BCUT2D eigenvalue weighted by Gasteiger charge is -2.12. The number of amides is 1. The fourth-order valence-electron chi connectivity index (χ4n) is 1.65. The van der Waals surface area contributed by atoms with E-state index in [0.717, 1.165) is 11.8 Å². The first-order chi connectivity index (χ1) is 9.38. The predicted molar refractivity (Wildman–Crippen MR) is 78.6 cm³/mol. The SMILES string of the molecule is CS(=O)(=O)NCCCNC(=O)C(N)Cc1ccccc1. The van der Waals surface area contributed by atoms with Gasteiger partial charge in [0.25, 0.3) is 0 Å². The standard InChI is InChI=1S/C13H21N3O3S/c1-20(18,19)16-9-5-8-15-13(17)12(14)10-11-6-3-2-4-7-11/h2-4,6-7,12,16H,5,8-10,14H2,1H3,(H,15,17). The van der Waals surface area contributed by atoms with Crippen molar-refractivity contribution in [1.82, 2.24) is 10.0 Å². The molecule has 112 valence electrons. The Labute approximate surface area is 119 Å². The molecule has 0 aliphatic carbocycles. The van der Waals surface area contributed by atoms with Crippen LogP contribution < -0.4 is 15.8 Å². The van der Waals surface area contributed by atoms with Gasteiger partial charge in [-0.2, -0.15) is 0 Å². The van der Waals surface area contributed by atoms with Gasteiger partial charge in [-0.3, -0.25) is 4.79 Å². The van der Waals surface area contributed by atoms with Gasteiger partial charge in [-0.1, -0.05) is 30.3 Å². The Morgan fingerprint density at radius 3 is 2.50 bits per heavy atom. The minimum Gasteiger partial charge on any atom is -0.355 e. The van der Waals surface area contributed by atoms with Crippen LogP contribution in [0.5, 0.6) is 0 Å². The van der Waals surface area contributed by atoms with Gasteiger partial charge in [0.2, 0.25) is 15.9 Å². The van der Waals surface area contributed by atoms with E-state index < -0.39 is 16.1 Å². The van der Waals surface area contributed by atoms with E-state index in [-0.39, 0.29) is 5.91 Å². The second kappa shape index (κ2) is 7.98. The predicted octanol–water partition coefficient (Wildman–Crippen LogP) is -0.388. The summed E-state index contributed by atoms with van der Waals surface area (Å²) in [7, 11) is -3.17. The third kappa shape index (κ3) is 7.22. The summed E-state index contributed by atoms with van der Waals surface area (Å²) in [4.78, 5) is 11.7. The van der Waals surface area contributed by atoms with Crippen LogP contribution in [0.1, 0.15) is 12.0 Å². The van der Waals surface area contributed by atoms with Gasteiger partial charge in [0.05, 0.1) is 12.3 Å². The zero-order valence-electron chi connectivity index (χ0n) is 11.5. The molecule has 4 N–H and O–H groups in total. The van der Waals surface area contributed by atoms with Crippen molar-refractivity contribution in [2.45, 2.75) is 18.9 Å². The monoisotopic (exact) mass is 299 g/mol. The molecule has 0 heterocycles. The van der Waals surface area contributed by atoms with E-state index in [1.165, 1.54) is 0 Å². The van der Waals surface area contributed by atoms with E-state index in [0.29, 0.717) is 25.9 Å². The lowest BCUT2D eigenvalue weighted by atomic mass is 10.1. The van der Waals surface area contributed by atoms with Crippen molar-refractivity contribution in [3.05, 3.63) is 35.9 Å². The maximum Gasteiger partial charge on any atom is 0.237 e. The van der Waals surface area contributed by atoms with Gasteiger partial charge in [-0.15, -0.1) is 0 Å². The number of nitrogens with two attached hydrogens (primary N) is 1. The van der Waals surface area contributed by atoms with Gasteiger partial charge in [0, 0.05) is 13.1 Å². The van der Waals surface area contributed by atoms with Crippen molar-refractivity contribution in [1.29, 1.82) is 0 Å². The first-order valence-electron chi connectivity index (χ1n) is 6.40. The lowest BCUT2D eigenvalue weighted by molar-refractivity contribution is -0.122. The van der Waals surface area contributed by atoms with Gasteiger partial charge in [0.1, 0.15) is 0 Å². The van der Waals surface area contributed by atoms with Crippen LogP contribution >= 0.6 is 0 Å². The van der Waals surface area contributed by atoms with Crippen LogP contribution in [0.3, 0.4) is 0 Å². The van der Waals surface area contributed by atoms with Crippen LogP contribution in [-0.4, -0.2) is 39.7 Å². The van der Waals surface area contributed by atoms with Gasteiger partial charge in [-0.05, 0) is 18.4 Å². The molecule has 1 rings (SSSR count). The zero-order chi connectivity index (χ0) is 15.0. The third-order valence-electron chi connectivity index (χ3n) is 2.65. The fourth-order valence-corrected chi connectivity index (χ4v) is 2.16. The van der Waals surface area contributed by atoms with Crippen LogP contribution in [0.4, 0.5) is 0 Å². The van der Waals surface area contributed by atoms with Crippen LogP contribution in [0.15, 0.2) is 30.3 Å². The quantitative estimate of drug-likeness (QED) is 0.569. The van der Waals surface area contributed by atoms with Crippen molar-refractivity contribution in [3.63, 3.8) is 0 Å². The highest BCUT2D eigenvalue weighted by atomic mass is 32.2. The maximum absolute atomic E-state index is 11.7. The van der Waals surface area contributed by atoms with E-state index in [1.807, 2.05) is 30.3 Å². The highest BCUT2D eigenvalue weighted by Gasteiger charge is 2.13. The van der Waals surface area contributed by atoms with Gasteiger partial charge in [-0.25, -0.2) is 13.1 Å². The fraction of sp³-hybridized carbons (Fsp3) is 0.462. The molecule has 20 heavy (non-hydrogen) atoms. The normalized spacial score (nSPS) is 12.9. The Morgan fingerprint density at radius 1 is 1.25 bits per heavy atom. The van der Waals surface area contributed by atoms with Crippen molar-refractivity contribution in [2.75, 3.05) is 19.3 Å². The molecule has 0 saturated heterocycles. The van der Waals surface area contributed by atoms with Crippen LogP contribution in [0.2, 0.25) is 0 Å². The molecular formula is C13H21N3O3S. The van der Waals surface area contributed by atoms with Gasteiger partial charge >= 0.3 is 0 Å². The second-order valence-electron chi connectivity index (χ2n) is 4.61. The highest BCUT2D eigenvalue weighted by molar-refractivity contribution is 7.88. The topological polar surface area (TPSA) is 101 Å². The first kappa shape index (κ1) is 16.6. The Morgan fingerprint density at radius 2 is 1.90 bits per heavy atom. The summed E-state index contributed by atoms with van der Waals surface area (Å²) in [6, 6.07) is 8.95. The van der Waals surface area contributed by atoms with E-state index in [2.05, 4.69) is 10.0 Å². The summed E-state index contributed by atoms with van der Waals surface area (Å²) >= 11 is 0. The van der Waals surface area contributed by atoms with Crippen LogP contribution in [-0.2, 0) is 21.2 Å². The number of carbonyl (C=O) groups is 1. The largest absolute Gasteiger partial charge is 0.355 e. The van der Waals surface area contributed by atoms with Crippen LogP contribution in [0.25, 0.3) is 0 Å². The third-order valence-corrected chi connectivity index (χ3v) is 3.38. The minimum absolute atomic E-state index is 0.229. The smallest absolute Gasteiger partial charge is 0.237 e. The molecule has 0 saturated carbocycles. The number of sulfonamides is 1. The molecule has 0 fully saturated rings. The molecule has 0 aromatic heterocycles. The number of carbonyl (C=O) groups excluding carboxylic acids is 1. The molecule has 0 aliphatic rings. The molecule has 1 aromatic rings. The van der Waals surface area contributed by atoms with Gasteiger partial charge in [0.15, 0.2) is 0 Å². The summed E-state index contributed by atoms with van der Waals surface area (Å²) in [6.45, 7) is 0.691. The van der Waals surface area contributed by atoms with Crippen molar-refractivity contribution < 1.29 is 13.2 Å². The minimum atomic E-state index is -3.17. The summed E-state index contributed by atoms with van der Waals surface area (Å²) in [5.41, 5.74) is 6.82. The molecular weight excluding hydrogens is 278 g/mol. The number of rotatable bonds is 8. The number of benzene rings is 1. The van der Waals surface area contributed by atoms with E-state index in [9.17, 15) is 13.2 Å². The Bertz CT molecular complexity index is 517. The van der Waals surface area contributed by atoms with Gasteiger partial charge < -0.3 is 11.1 Å². The molecule has 0 radical (unpaired) electrons. The highest BCUT2D eigenvalue weighted by Crippen LogP contribution is 2.01. The summed E-state index contributed by atoms with van der Waals surface area (Å²) in [5.74, 6) is -0.229. The van der Waals surface area contributed by atoms with E-state index in [4.69, 9.17) is 5.73 Å². The lowest BCUT2D eigenvalue weighted by Crippen LogP contribution is -2.42. The van der Waals surface area contributed by atoms with Crippen molar-refractivity contribution >= 4 is 15.9 Å². The maximum atomic E-state index is 11.7. The van der Waals surface area contributed by atoms with E-state index in [1.54, 1.807) is 0 Å². The molecule has 1 aromatic carbocycles. The molecule has 1 atom stereocenters. The summed E-state index contributed by atoms with van der Waals surface area (Å²) in [5, 5.41) is 2.69. The Hall–Kier alpha value is -1.44. The summed E-state index contributed by atoms with van der Waals surface area (Å²) < 4.78 is 24.0. The van der Waals surface area contributed by atoms with Crippen LogP contribution in [0, 0.1) is 0 Å². The van der Waals surface area contributed by atoms with Crippen molar-refractivity contribution in [2.24, 2.45) is 5.73 Å². The molecule has 0 bridgehead atoms. The second-order valence-corrected chi connectivity index (χ2v) is 6.44. The van der Waals surface area contributed by atoms with Crippen molar-refractivity contribution in [3.8, 4) is 0 Å². The Kier molecular flexibility index (Phi) is 6.63. The van der Waals surface area contributed by atoms with E-state index >= 15 is 0 Å². The number of hydrogen-bond donors (Lipinski definition) is 3. The molecule has 0 aliphatic heterocycles. The molecule has 1 amide bonds. The number of hydrogen-bond acceptors (Lipinski definition) is 4. The molecule has 6 nitrogen and oxygen atoms in total. The average Bonchev–Trinajstić information content (AvgIpc) is 2.38. The Balaban J connectivity index is 2.22.